The molecule has 2 heteroatoms. The van der Waals surface area contributed by atoms with Crippen LogP contribution in [0.3, 0.4) is 0 Å². The monoisotopic (exact) mass is 185 g/mol. The van der Waals surface area contributed by atoms with Gasteiger partial charge in [-0.25, -0.2) is 0 Å². The molecule has 76 valence electrons. The number of rotatable bonds is 5. The summed E-state index contributed by atoms with van der Waals surface area (Å²) in [6, 6.07) is 0. The van der Waals surface area contributed by atoms with Crippen LogP contribution in [-0.4, -0.2) is 38.0 Å². The fourth-order valence-corrected chi connectivity index (χ4v) is 1.52. The molecule has 0 aliphatic heterocycles. The van der Waals surface area contributed by atoms with E-state index in [1.165, 1.54) is 0 Å². The van der Waals surface area contributed by atoms with Crippen LogP contribution < -0.4 is 0 Å². The fraction of sp³-hybridized carbons (Fsp3) is 0.818. The van der Waals surface area contributed by atoms with Gasteiger partial charge in [0.2, 0.25) is 0 Å². The largest absolute Gasteiger partial charge is 0.330 e. The van der Waals surface area contributed by atoms with Gasteiger partial charge in [0.05, 0.1) is 46.4 Å². The van der Waals surface area contributed by atoms with Crippen molar-refractivity contribution in [2.75, 3.05) is 27.7 Å². The molecule has 0 heterocycles. The van der Waals surface area contributed by atoms with Gasteiger partial charge in [-0.15, -0.1) is 0 Å². The zero-order valence-corrected chi connectivity index (χ0v) is 9.63. The van der Waals surface area contributed by atoms with Crippen molar-refractivity contribution in [2.45, 2.75) is 20.3 Å². The van der Waals surface area contributed by atoms with Gasteiger partial charge in [-0.2, -0.15) is 0 Å². The Morgan fingerprint density at radius 1 is 1.38 bits per heavy atom. The molecule has 2 atom stereocenters. The lowest BCUT2D eigenvalue weighted by Crippen LogP contribution is -2.41. The second-order valence-electron chi connectivity index (χ2n) is 5.12. The average Bonchev–Trinajstić information content (AvgIpc) is 1.81. The zero-order chi connectivity index (χ0) is 10.6. The fourth-order valence-electron chi connectivity index (χ4n) is 1.52. The van der Waals surface area contributed by atoms with E-state index < -0.39 is 0 Å². The maximum Gasteiger partial charge on any atom is 0.138 e. The first-order valence-electron chi connectivity index (χ1n) is 4.86. The van der Waals surface area contributed by atoms with Gasteiger partial charge in [0.15, 0.2) is 0 Å². The van der Waals surface area contributed by atoms with E-state index in [1.807, 2.05) is 0 Å². The normalized spacial score (nSPS) is 16.7. The summed E-state index contributed by atoms with van der Waals surface area (Å²) in [5.41, 5.74) is 0. The van der Waals surface area contributed by atoms with Crippen molar-refractivity contribution in [3.63, 3.8) is 0 Å². The lowest BCUT2D eigenvalue weighted by atomic mass is 9.93. The van der Waals surface area contributed by atoms with E-state index in [0.717, 1.165) is 17.4 Å². The second-order valence-corrected chi connectivity index (χ2v) is 5.12. The minimum atomic E-state index is 0.174. The Labute approximate surface area is 82.5 Å². The van der Waals surface area contributed by atoms with Crippen LogP contribution in [0.25, 0.3) is 0 Å². The van der Waals surface area contributed by atoms with Crippen LogP contribution in [0.2, 0.25) is 0 Å². The van der Waals surface area contributed by atoms with E-state index in [4.69, 9.17) is 0 Å². The summed E-state index contributed by atoms with van der Waals surface area (Å²) < 4.78 is 0.844. The molecule has 0 saturated heterocycles. The van der Waals surface area contributed by atoms with Crippen molar-refractivity contribution in [1.29, 1.82) is 0 Å². The molecular weight excluding hydrogens is 162 g/mol. The predicted molar refractivity (Wildman–Crippen MR) is 56.2 cm³/mol. The second kappa shape index (κ2) is 4.66. The number of hydrogen-bond donors (Lipinski definition) is 0. The van der Waals surface area contributed by atoms with Crippen LogP contribution in [0.5, 0.6) is 0 Å². The highest BCUT2D eigenvalue weighted by molar-refractivity contribution is 5.78. The summed E-state index contributed by atoms with van der Waals surface area (Å²) in [6.45, 7) is 8.59. The highest BCUT2D eigenvalue weighted by Gasteiger charge is 2.24. The van der Waals surface area contributed by atoms with Gasteiger partial charge in [0.1, 0.15) is 5.78 Å². The van der Waals surface area contributed by atoms with Crippen molar-refractivity contribution in [1.82, 2.24) is 0 Å². The molecule has 2 unspecified atom stereocenters. The van der Waals surface area contributed by atoms with Crippen LogP contribution in [0.4, 0.5) is 0 Å². The van der Waals surface area contributed by atoms with Crippen LogP contribution in [0.15, 0.2) is 0 Å². The van der Waals surface area contributed by atoms with Crippen molar-refractivity contribution < 1.29 is 9.28 Å². The number of ketones is 1. The van der Waals surface area contributed by atoms with E-state index in [9.17, 15) is 4.79 Å². The van der Waals surface area contributed by atoms with Crippen molar-refractivity contribution in [3.8, 4) is 0 Å². The SMILES string of the molecule is [CH2+]C(C)CC(C[N+](C)(C)C)C(C)=O. The Bertz CT molecular complexity index is 167. The van der Waals surface area contributed by atoms with Gasteiger partial charge >= 0.3 is 0 Å². The van der Waals surface area contributed by atoms with E-state index >= 15 is 0 Å². The third-order valence-electron chi connectivity index (χ3n) is 2.03. The molecule has 0 rings (SSSR count). The van der Waals surface area contributed by atoms with E-state index in [-0.39, 0.29) is 5.92 Å². The maximum absolute atomic E-state index is 11.3. The Hall–Kier alpha value is -0.500. The van der Waals surface area contributed by atoms with E-state index in [1.54, 1.807) is 6.92 Å². The Balaban J connectivity index is 4.19. The number of nitrogens with zero attached hydrogens (tertiary/aromatic N) is 1. The van der Waals surface area contributed by atoms with Crippen LogP contribution in [0, 0.1) is 18.8 Å². The maximum atomic E-state index is 11.3. The van der Waals surface area contributed by atoms with Gasteiger partial charge in [-0.1, -0.05) is 0 Å². The third kappa shape index (κ3) is 6.64. The van der Waals surface area contributed by atoms with Crippen molar-refractivity contribution >= 4 is 5.78 Å². The lowest BCUT2D eigenvalue weighted by molar-refractivity contribution is -0.872. The Kier molecular flexibility index (Phi) is 4.48. The quantitative estimate of drug-likeness (QED) is 0.471. The topological polar surface area (TPSA) is 17.1 Å². The Morgan fingerprint density at radius 3 is 2.08 bits per heavy atom. The van der Waals surface area contributed by atoms with Gasteiger partial charge in [0, 0.05) is 6.42 Å². The molecule has 0 fully saturated rings. The van der Waals surface area contributed by atoms with Crippen molar-refractivity contribution in [3.05, 3.63) is 6.92 Å². The van der Waals surface area contributed by atoms with Crippen LogP contribution in [0.1, 0.15) is 20.3 Å². The number of quaternary nitrogens is 1. The van der Waals surface area contributed by atoms with Gasteiger partial charge < -0.3 is 4.48 Å². The summed E-state index contributed by atoms with van der Waals surface area (Å²) in [6.07, 6.45) is 0.908. The third-order valence-corrected chi connectivity index (χ3v) is 2.03. The molecule has 0 aliphatic rings. The highest BCUT2D eigenvalue weighted by atomic mass is 16.1. The minimum absolute atomic E-state index is 0.174. The summed E-state index contributed by atoms with van der Waals surface area (Å²) in [5.74, 6) is 0.830. The van der Waals surface area contributed by atoms with Crippen molar-refractivity contribution in [2.24, 2.45) is 11.8 Å². The molecular formula is C11H23NO+2. The van der Waals surface area contributed by atoms with Gasteiger partial charge in [-0.3, -0.25) is 4.79 Å². The standard InChI is InChI=1S/C11H23NO/c1-9(2)7-11(10(3)13)8-12(4,5)6/h9,11H,1,7-8H2,2-6H3/q+2. The first-order valence-corrected chi connectivity index (χ1v) is 4.86. The molecule has 0 aromatic rings. The Morgan fingerprint density at radius 2 is 1.85 bits per heavy atom. The first kappa shape index (κ1) is 12.5. The lowest BCUT2D eigenvalue weighted by Gasteiger charge is -2.28. The minimum Gasteiger partial charge on any atom is -0.330 e. The number of hydrogen-bond acceptors (Lipinski definition) is 1. The first-order chi connectivity index (χ1) is 5.72. The molecule has 0 aliphatic carbocycles. The smallest absolute Gasteiger partial charge is 0.138 e. The molecule has 0 bridgehead atoms. The average molecular weight is 185 g/mol. The summed E-state index contributed by atoms with van der Waals surface area (Å²) in [4.78, 5) is 11.3. The molecule has 0 amide bonds. The summed E-state index contributed by atoms with van der Waals surface area (Å²) in [5, 5.41) is 0. The highest BCUT2D eigenvalue weighted by Crippen LogP contribution is 2.15. The van der Waals surface area contributed by atoms with Crippen LogP contribution in [-0.2, 0) is 4.79 Å². The van der Waals surface area contributed by atoms with Crippen LogP contribution >= 0.6 is 0 Å². The summed E-state index contributed by atoms with van der Waals surface area (Å²) in [7, 11) is 6.34. The van der Waals surface area contributed by atoms with E-state index in [0.29, 0.717) is 11.7 Å². The summed E-state index contributed by atoms with van der Waals surface area (Å²) >= 11 is 0. The molecule has 0 saturated carbocycles. The van der Waals surface area contributed by atoms with Gasteiger partial charge in [-0.05, 0) is 13.8 Å². The zero-order valence-electron chi connectivity index (χ0n) is 9.63. The number of carbonyl (C=O) groups is 1. The molecule has 0 spiro atoms. The number of Topliss-reactive ketones (excluding diaryl/α,β-unsaturated/α-hetero) is 1. The molecule has 13 heavy (non-hydrogen) atoms. The molecule has 0 aromatic carbocycles. The number of carbonyl (C=O) groups excluding carboxylic acids is 1. The molecule has 0 N–H and O–H groups in total. The molecule has 0 aromatic heterocycles. The van der Waals surface area contributed by atoms with Gasteiger partial charge in [0.25, 0.3) is 0 Å². The molecule has 2 nitrogen and oxygen atoms in total. The van der Waals surface area contributed by atoms with E-state index in [2.05, 4.69) is 35.0 Å². The predicted octanol–water partition coefficient (Wildman–Crippen LogP) is 1.76. The molecule has 0 radical (unpaired) electrons.